The van der Waals surface area contributed by atoms with E-state index < -0.39 is 0 Å². The van der Waals surface area contributed by atoms with Crippen LogP contribution in [-0.4, -0.2) is 80.7 Å². The van der Waals surface area contributed by atoms with Gasteiger partial charge in [0.05, 0.1) is 19.8 Å². The smallest absolute Gasteiger partial charge is 0.320 e. The van der Waals surface area contributed by atoms with Gasteiger partial charge in [-0.05, 0) is 25.7 Å². The molecule has 0 aromatic heterocycles. The summed E-state index contributed by atoms with van der Waals surface area (Å²) in [6.07, 6.45) is 3.78. The third-order valence-electron chi connectivity index (χ3n) is 4.60. The maximum absolute atomic E-state index is 12.6. The highest BCUT2D eigenvalue weighted by molar-refractivity contribution is 5.74. The zero-order valence-corrected chi connectivity index (χ0v) is 13.1. The molecule has 21 heavy (non-hydrogen) atoms. The Hall–Kier alpha value is -0.850. The van der Waals surface area contributed by atoms with Crippen molar-refractivity contribution in [3.8, 4) is 0 Å². The van der Waals surface area contributed by atoms with Gasteiger partial charge in [0.15, 0.2) is 0 Å². The molecule has 0 aromatic rings. The fourth-order valence-corrected chi connectivity index (χ4v) is 3.33. The van der Waals surface area contributed by atoms with E-state index in [9.17, 15) is 9.90 Å². The second-order valence-electron chi connectivity index (χ2n) is 6.16. The zero-order chi connectivity index (χ0) is 15.1. The number of hydrogen-bond acceptors (Lipinski definition) is 4. The number of carbonyl (C=O) groups excluding carboxylic acids is 1. The van der Waals surface area contributed by atoms with Gasteiger partial charge in [-0.1, -0.05) is 0 Å². The summed E-state index contributed by atoms with van der Waals surface area (Å²) in [7, 11) is 1.70. The predicted octanol–water partition coefficient (Wildman–Crippen LogP) is 0.940. The van der Waals surface area contributed by atoms with Gasteiger partial charge in [-0.2, -0.15) is 0 Å². The number of aliphatic hydroxyl groups is 1. The molecule has 1 atom stereocenters. The molecule has 0 unspecified atom stereocenters. The molecule has 6 heteroatoms. The number of aliphatic hydroxyl groups excluding tert-OH is 1. The third kappa shape index (κ3) is 4.31. The van der Waals surface area contributed by atoms with Crippen molar-refractivity contribution in [1.82, 2.24) is 9.80 Å². The fraction of sp³-hybridized carbons (Fsp3) is 0.933. The first kappa shape index (κ1) is 16.5. The van der Waals surface area contributed by atoms with E-state index in [2.05, 4.69) is 0 Å². The molecule has 0 aliphatic carbocycles. The largest absolute Gasteiger partial charge is 0.396 e. The van der Waals surface area contributed by atoms with E-state index in [1.807, 2.05) is 9.80 Å². The first-order chi connectivity index (χ1) is 10.2. The van der Waals surface area contributed by atoms with Gasteiger partial charge in [0.1, 0.15) is 0 Å². The Balaban J connectivity index is 1.92. The van der Waals surface area contributed by atoms with Crippen LogP contribution in [0.4, 0.5) is 4.79 Å². The number of ether oxygens (including phenoxy) is 2. The summed E-state index contributed by atoms with van der Waals surface area (Å²) in [5.41, 5.74) is -0.154. The maximum Gasteiger partial charge on any atom is 0.320 e. The number of piperidine rings is 1. The molecule has 0 spiro atoms. The van der Waals surface area contributed by atoms with Crippen molar-refractivity contribution in [2.75, 3.05) is 59.7 Å². The van der Waals surface area contributed by atoms with Crippen molar-refractivity contribution < 1.29 is 19.4 Å². The summed E-state index contributed by atoms with van der Waals surface area (Å²) in [6.45, 7) is 4.89. The van der Waals surface area contributed by atoms with Crippen LogP contribution in [0.1, 0.15) is 25.7 Å². The Morgan fingerprint density at radius 2 is 2.05 bits per heavy atom. The first-order valence-electron chi connectivity index (χ1n) is 7.92. The molecule has 2 amide bonds. The SMILES string of the molecule is COCCC[C@@]1(CO)CCCN(C(=O)N2CCOCC2)C1. The van der Waals surface area contributed by atoms with Crippen LogP contribution < -0.4 is 0 Å². The van der Waals surface area contributed by atoms with Crippen LogP contribution in [0.15, 0.2) is 0 Å². The van der Waals surface area contributed by atoms with E-state index in [-0.39, 0.29) is 18.1 Å². The lowest BCUT2D eigenvalue weighted by Gasteiger charge is -2.44. The summed E-state index contributed by atoms with van der Waals surface area (Å²) < 4.78 is 10.4. The van der Waals surface area contributed by atoms with Crippen LogP contribution in [0.3, 0.4) is 0 Å². The van der Waals surface area contributed by atoms with Gasteiger partial charge in [-0.25, -0.2) is 4.79 Å². The lowest BCUT2D eigenvalue weighted by Crippen LogP contribution is -2.54. The van der Waals surface area contributed by atoms with E-state index >= 15 is 0 Å². The number of rotatable bonds is 5. The zero-order valence-electron chi connectivity index (χ0n) is 13.1. The summed E-state index contributed by atoms with van der Waals surface area (Å²) in [5, 5.41) is 9.84. The molecule has 1 N–H and O–H groups in total. The molecule has 122 valence electrons. The maximum atomic E-state index is 12.6. The van der Waals surface area contributed by atoms with Gasteiger partial charge >= 0.3 is 6.03 Å². The number of morpholine rings is 1. The summed E-state index contributed by atoms with van der Waals surface area (Å²) >= 11 is 0. The van der Waals surface area contributed by atoms with E-state index in [1.54, 1.807) is 7.11 Å². The molecule has 2 rings (SSSR count). The van der Waals surface area contributed by atoms with Crippen LogP contribution in [0.5, 0.6) is 0 Å². The molecule has 6 nitrogen and oxygen atoms in total. The minimum atomic E-state index is -0.154. The second kappa shape index (κ2) is 7.96. The Morgan fingerprint density at radius 3 is 2.71 bits per heavy atom. The van der Waals surface area contributed by atoms with Gasteiger partial charge < -0.3 is 24.4 Å². The van der Waals surface area contributed by atoms with E-state index in [0.29, 0.717) is 39.5 Å². The monoisotopic (exact) mass is 300 g/mol. The normalized spacial score (nSPS) is 27.0. The Morgan fingerprint density at radius 1 is 1.29 bits per heavy atom. The van der Waals surface area contributed by atoms with Gasteiger partial charge in [0.25, 0.3) is 0 Å². The molecule has 2 saturated heterocycles. The fourth-order valence-electron chi connectivity index (χ4n) is 3.33. The van der Waals surface area contributed by atoms with Crippen molar-refractivity contribution >= 4 is 6.03 Å². The molecule has 0 aromatic carbocycles. The topological polar surface area (TPSA) is 62.2 Å². The number of carbonyl (C=O) groups is 1. The Labute approximate surface area is 127 Å². The molecular formula is C15H28N2O4. The molecule has 0 bridgehead atoms. The minimum absolute atomic E-state index is 0.0996. The molecule has 2 fully saturated rings. The number of nitrogens with zero attached hydrogens (tertiary/aromatic N) is 2. The molecule has 0 radical (unpaired) electrons. The minimum Gasteiger partial charge on any atom is -0.396 e. The van der Waals surface area contributed by atoms with Crippen molar-refractivity contribution in [2.45, 2.75) is 25.7 Å². The van der Waals surface area contributed by atoms with Crippen LogP contribution >= 0.6 is 0 Å². The lowest BCUT2D eigenvalue weighted by molar-refractivity contribution is 0.0101. The van der Waals surface area contributed by atoms with Crippen molar-refractivity contribution in [1.29, 1.82) is 0 Å². The van der Waals surface area contributed by atoms with Crippen LogP contribution in [0, 0.1) is 5.41 Å². The van der Waals surface area contributed by atoms with Crippen LogP contribution in [0.2, 0.25) is 0 Å². The van der Waals surface area contributed by atoms with Crippen molar-refractivity contribution in [3.63, 3.8) is 0 Å². The van der Waals surface area contributed by atoms with Gasteiger partial charge in [0.2, 0.25) is 0 Å². The average molecular weight is 300 g/mol. The van der Waals surface area contributed by atoms with Crippen molar-refractivity contribution in [3.05, 3.63) is 0 Å². The molecular weight excluding hydrogens is 272 g/mol. The molecule has 2 aliphatic rings. The van der Waals surface area contributed by atoms with Crippen molar-refractivity contribution in [2.24, 2.45) is 5.41 Å². The second-order valence-corrected chi connectivity index (χ2v) is 6.16. The summed E-state index contributed by atoms with van der Waals surface area (Å²) in [4.78, 5) is 16.4. The predicted molar refractivity (Wildman–Crippen MR) is 79.2 cm³/mol. The Bertz CT molecular complexity index is 334. The summed E-state index contributed by atoms with van der Waals surface area (Å²) in [6, 6.07) is 0.0996. The number of hydrogen-bond donors (Lipinski definition) is 1. The highest BCUT2D eigenvalue weighted by Gasteiger charge is 2.37. The van der Waals surface area contributed by atoms with E-state index in [0.717, 1.165) is 32.2 Å². The highest BCUT2D eigenvalue weighted by atomic mass is 16.5. The molecule has 2 aliphatic heterocycles. The molecule has 2 heterocycles. The quantitative estimate of drug-likeness (QED) is 0.768. The van der Waals surface area contributed by atoms with Crippen LogP contribution in [0.25, 0.3) is 0 Å². The lowest BCUT2D eigenvalue weighted by atomic mass is 9.77. The number of likely N-dealkylation sites (tertiary alicyclic amines) is 1. The van der Waals surface area contributed by atoms with Crippen LogP contribution in [-0.2, 0) is 9.47 Å². The standard InChI is InChI=1S/C15H28N2O4/c1-20-9-3-5-15(13-18)4-2-6-17(12-15)14(19)16-7-10-21-11-8-16/h18H,2-13H2,1H3/t15-/m0/s1. The number of methoxy groups -OCH3 is 1. The third-order valence-corrected chi connectivity index (χ3v) is 4.60. The summed E-state index contributed by atoms with van der Waals surface area (Å²) in [5.74, 6) is 0. The van der Waals surface area contributed by atoms with E-state index in [4.69, 9.17) is 9.47 Å². The highest BCUT2D eigenvalue weighted by Crippen LogP contribution is 2.34. The van der Waals surface area contributed by atoms with E-state index in [1.165, 1.54) is 0 Å². The first-order valence-corrected chi connectivity index (χ1v) is 7.92. The van der Waals surface area contributed by atoms with Gasteiger partial charge in [-0.15, -0.1) is 0 Å². The average Bonchev–Trinajstić information content (AvgIpc) is 2.55. The van der Waals surface area contributed by atoms with Gasteiger partial charge in [-0.3, -0.25) is 0 Å². The number of urea groups is 1. The Kier molecular flexibility index (Phi) is 6.26. The van der Waals surface area contributed by atoms with Gasteiger partial charge in [0, 0.05) is 45.3 Å². The molecule has 0 saturated carbocycles. The number of amides is 2.